The number of carbonyl (C=O) groups is 1. The van der Waals surface area contributed by atoms with Crippen LogP contribution in [0.2, 0.25) is 0 Å². The summed E-state index contributed by atoms with van der Waals surface area (Å²) in [6, 6.07) is 0. The SMILES string of the molecule is COC(=O)[C@H]1[C@@H]2C[C@@H]([C@@H](O)[C@H]2O)[C@H]1[C@H]1COC(C)(C)O1. The number of ether oxygens (including phenoxy) is 3. The molecule has 0 radical (unpaired) electrons. The summed E-state index contributed by atoms with van der Waals surface area (Å²) in [5, 5.41) is 20.2. The standard InChI is InChI=1S/C14H22O6/c1-14(2)19-5-8(20-14)9-6-4-7(12(16)11(6)15)10(9)13(17)18-3/h6-12,15-16H,4-5H2,1-3H3/t6-,7+,8-,9+,10+,11-,12+/m1/s1. The number of esters is 1. The summed E-state index contributed by atoms with van der Waals surface area (Å²) >= 11 is 0. The lowest BCUT2D eigenvalue weighted by Crippen LogP contribution is -2.49. The first-order chi connectivity index (χ1) is 9.35. The highest BCUT2D eigenvalue weighted by Gasteiger charge is 2.63. The Kier molecular flexibility index (Phi) is 3.32. The van der Waals surface area contributed by atoms with Crippen molar-refractivity contribution >= 4 is 5.97 Å². The van der Waals surface area contributed by atoms with Crippen molar-refractivity contribution in [3.05, 3.63) is 0 Å². The van der Waals surface area contributed by atoms with Gasteiger partial charge in [-0.25, -0.2) is 0 Å². The van der Waals surface area contributed by atoms with Crippen molar-refractivity contribution in [2.24, 2.45) is 23.7 Å². The first-order valence-corrected chi connectivity index (χ1v) is 7.11. The predicted molar refractivity (Wildman–Crippen MR) is 67.5 cm³/mol. The van der Waals surface area contributed by atoms with Gasteiger partial charge in [0.15, 0.2) is 5.79 Å². The van der Waals surface area contributed by atoms with Crippen LogP contribution < -0.4 is 0 Å². The molecular weight excluding hydrogens is 264 g/mol. The monoisotopic (exact) mass is 286 g/mol. The number of aliphatic hydroxyl groups excluding tert-OH is 2. The van der Waals surface area contributed by atoms with E-state index in [0.29, 0.717) is 13.0 Å². The Morgan fingerprint density at radius 1 is 1.25 bits per heavy atom. The number of fused-ring (bicyclic) bond motifs is 2. The molecule has 0 spiro atoms. The summed E-state index contributed by atoms with van der Waals surface area (Å²) in [5.74, 6) is -1.97. The van der Waals surface area contributed by atoms with Crippen LogP contribution >= 0.6 is 0 Å². The van der Waals surface area contributed by atoms with Crippen molar-refractivity contribution in [3.63, 3.8) is 0 Å². The van der Waals surface area contributed by atoms with Gasteiger partial charge in [0.1, 0.15) is 0 Å². The van der Waals surface area contributed by atoms with Crippen LogP contribution in [-0.4, -0.2) is 54.0 Å². The molecule has 7 atom stereocenters. The van der Waals surface area contributed by atoms with Crippen LogP contribution in [0.5, 0.6) is 0 Å². The molecule has 1 aliphatic heterocycles. The van der Waals surface area contributed by atoms with Gasteiger partial charge in [0.25, 0.3) is 0 Å². The second-order valence-corrected chi connectivity index (χ2v) is 6.54. The molecule has 3 rings (SSSR count). The van der Waals surface area contributed by atoms with Gasteiger partial charge in [0, 0.05) is 11.8 Å². The predicted octanol–water partition coefficient (Wildman–Crippen LogP) is -0.0852. The van der Waals surface area contributed by atoms with Gasteiger partial charge in [0.2, 0.25) is 0 Å². The zero-order valence-corrected chi connectivity index (χ0v) is 12.0. The minimum Gasteiger partial charge on any atom is -0.469 e. The van der Waals surface area contributed by atoms with Gasteiger partial charge in [-0.05, 0) is 26.2 Å². The minimum atomic E-state index is -0.851. The van der Waals surface area contributed by atoms with E-state index in [0.717, 1.165) is 0 Å². The average molecular weight is 286 g/mol. The lowest BCUT2D eigenvalue weighted by atomic mass is 9.74. The maximum absolute atomic E-state index is 12.1. The van der Waals surface area contributed by atoms with Gasteiger partial charge in [-0.1, -0.05) is 0 Å². The molecule has 3 fully saturated rings. The third-order valence-corrected chi connectivity index (χ3v) is 5.07. The summed E-state index contributed by atoms with van der Waals surface area (Å²) in [6.07, 6.45) is -1.26. The van der Waals surface area contributed by atoms with Gasteiger partial charge in [-0.3, -0.25) is 4.79 Å². The topological polar surface area (TPSA) is 85.2 Å². The normalized spacial score (nSPS) is 49.5. The number of hydrogen-bond donors (Lipinski definition) is 2. The molecular formula is C14H22O6. The van der Waals surface area contributed by atoms with E-state index in [1.807, 2.05) is 13.8 Å². The quantitative estimate of drug-likeness (QED) is 0.690. The van der Waals surface area contributed by atoms with E-state index in [4.69, 9.17) is 14.2 Å². The van der Waals surface area contributed by atoms with Crippen molar-refractivity contribution in [1.29, 1.82) is 0 Å². The molecule has 1 heterocycles. The van der Waals surface area contributed by atoms with E-state index in [1.54, 1.807) is 0 Å². The summed E-state index contributed by atoms with van der Waals surface area (Å²) in [4.78, 5) is 12.1. The molecule has 2 bridgehead atoms. The van der Waals surface area contributed by atoms with Crippen molar-refractivity contribution in [3.8, 4) is 0 Å². The minimum absolute atomic E-state index is 0.137. The Morgan fingerprint density at radius 2 is 1.90 bits per heavy atom. The third-order valence-electron chi connectivity index (χ3n) is 5.07. The fourth-order valence-corrected chi connectivity index (χ4v) is 4.28. The van der Waals surface area contributed by atoms with E-state index >= 15 is 0 Å². The second-order valence-electron chi connectivity index (χ2n) is 6.54. The Labute approximate surface area is 118 Å². The Morgan fingerprint density at radius 3 is 2.45 bits per heavy atom. The zero-order valence-electron chi connectivity index (χ0n) is 12.0. The molecule has 0 amide bonds. The second kappa shape index (κ2) is 4.66. The van der Waals surface area contributed by atoms with E-state index in [2.05, 4.69) is 0 Å². The number of aliphatic hydroxyl groups is 2. The molecule has 0 unspecified atom stereocenters. The van der Waals surface area contributed by atoms with Crippen molar-refractivity contribution in [2.45, 2.75) is 44.4 Å². The molecule has 0 aromatic carbocycles. The molecule has 0 aromatic heterocycles. The van der Waals surface area contributed by atoms with Gasteiger partial charge in [-0.2, -0.15) is 0 Å². The smallest absolute Gasteiger partial charge is 0.309 e. The summed E-state index contributed by atoms with van der Waals surface area (Å²) in [6.45, 7) is 4.06. The van der Waals surface area contributed by atoms with Crippen LogP contribution in [0.4, 0.5) is 0 Å². The Bertz CT molecular complexity index is 408. The van der Waals surface area contributed by atoms with Gasteiger partial charge in [0.05, 0.1) is 37.9 Å². The molecule has 0 aromatic rings. The maximum Gasteiger partial charge on any atom is 0.309 e. The van der Waals surface area contributed by atoms with Gasteiger partial charge < -0.3 is 24.4 Å². The van der Waals surface area contributed by atoms with E-state index in [9.17, 15) is 15.0 Å². The molecule has 114 valence electrons. The number of methoxy groups -OCH3 is 1. The maximum atomic E-state index is 12.1. The highest BCUT2D eigenvalue weighted by molar-refractivity contribution is 5.74. The molecule has 6 nitrogen and oxygen atoms in total. The summed E-state index contributed by atoms with van der Waals surface area (Å²) in [5.41, 5.74) is 0. The van der Waals surface area contributed by atoms with Crippen LogP contribution in [0.15, 0.2) is 0 Å². The largest absolute Gasteiger partial charge is 0.469 e. The van der Waals surface area contributed by atoms with Crippen molar-refractivity contribution < 1.29 is 29.2 Å². The zero-order chi connectivity index (χ0) is 14.7. The van der Waals surface area contributed by atoms with Gasteiger partial charge in [-0.15, -0.1) is 0 Å². The van der Waals surface area contributed by atoms with Crippen LogP contribution in [0, 0.1) is 23.7 Å². The first-order valence-electron chi connectivity index (χ1n) is 7.11. The van der Waals surface area contributed by atoms with Crippen molar-refractivity contribution in [1.82, 2.24) is 0 Å². The molecule has 2 saturated carbocycles. The Balaban J connectivity index is 1.86. The fraction of sp³-hybridized carbons (Fsp3) is 0.929. The van der Waals surface area contributed by atoms with E-state index < -0.39 is 23.9 Å². The number of carbonyl (C=O) groups excluding carboxylic acids is 1. The van der Waals surface area contributed by atoms with Crippen molar-refractivity contribution in [2.75, 3.05) is 13.7 Å². The van der Waals surface area contributed by atoms with Crippen LogP contribution in [0.3, 0.4) is 0 Å². The molecule has 2 N–H and O–H groups in total. The fourth-order valence-electron chi connectivity index (χ4n) is 4.28. The molecule has 2 aliphatic carbocycles. The molecule has 3 aliphatic rings. The number of rotatable bonds is 2. The lowest BCUT2D eigenvalue weighted by Gasteiger charge is -2.37. The third kappa shape index (κ3) is 1.97. The van der Waals surface area contributed by atoms with Crippen LogP contribution in [0.25, 0.3) is 0 Å². The van der Waals surface area contributed by atoms with Gasteiger partial charge >= 0.3 is 5.97 Å². The average Bonchev–Trinajstić information content (AvgIpc) is 3.02. The Hall–Kier alpha value is -0.690. The van der Waals surface area contributed by atoms with E-state index in [1.165, 1.54) is 7.11 Å². The lowest BCUT2D eigenvalue weighted by molar-refractivity contribution is -0.172. The van der Waals surface area contributed by atoms with Crippen LogP contribution in [0.1, 0.15) is 20.3 Å². The van der Waals surface area contributed by atoms with Crippen LogP contribution in [-0.2, 0) is 19.0 Å². The first kappa shape index (κ1) is 14.3. The highest BCUT2D eigenvalue weighted by atomic mass is 16.7. The van der Waals surface area contributed by atoms with E-state index in [-0.39, 0.29) is 29.8 Å². The highest BCUT2D eigenvalue weighted by Crippen LogP contribution is 2.55. The molecule has 20 heavy (non-hydrogen) atoms. The summed E-state index contributed by atoms with van der Waals surface area (Å²) < 4.78 is 16.3. The molecule has 6 heteroatoms. The number of hydrogen-bond acceptors (Lipinski definition) is 6. The summed E-state index contributed by atoms with van der Waals surface area (Å²) in [7, 11) is 1.35. The molecule has 1 saturated heterocycles.